The van der Waals surface area contributed by atoms with Gasteiger partial charge in [0.25, 0.3) is 0 Å². The Labute approximate surface area is 273 Å². The van der Waals surface area contributed by atoms with Crippen LogP contribution in [-0.4, -0.2) is 14.5 Å². The van der Waals surface area contributed by atoms with Crippen LogP contribution in [0.5, 0.6) is 0 Å². The lowest BCUT2D eigenvalue weighted by molar-refractivity contribution is 1.10. The minimum atomic E-state index is 0.907. The monoisotopic (exact) mass is 602 g/mol. The molecule has 0 fully saturated rings. The van der Waals surface area contributed by atoms with Crippen LogP contribution in [0.25, 0.3) is 72.8 Å². The molecule has 0 aliphatic carbocycles. The first kappa shape index (κ1) is 27.1. The number of benzene rings is 5. The molecule has 4 nitrogen and oxygen atoms in total. The Bertz CT molecular complexity index is 2540. The van der Waals surface area contributed by atoms with Gasteiger partial charge in [-0.05, 0) is 90.2 Å². The van der Waals surface area contributed by atoms with Gasteiger partial charge < -0.3 is 4.57 Å². The zero-order chi connectivity index (χ0) is 31.5. The Balaban J connectivity index is 1.29. The van der Waals surface area contributed by atoms with E-state index in [1.54, 1.807) is 0 Å². The normalized spacial score (nSPS) is 12.3. The summed E-state index contributed by atoms with van der Waals surface area (Å²) in [5.74, 6) is 0.907. The minimum Gasteiger partial charge on any atom is -0.309 e. The van der Waals surface area contributed by atoms with E-state index in [1.165, 1.54) is 5.39 Å². The largest absolute Gasteiger partial charge is 0.309 e. The highest BCUT2D eigenvalue weighted by Crippen LogP contribution is 2.51. The Kier molecular flexibility index (Phi) is 6.15. The smallest absolute Gasteiger partial charge is 0.148 e. The van der Waals surface area contributed by atoms with Crippen molar-refractivity contribution < 1.29 is 0 Å². The molecule has 0 radical (unpaired) electrons. The summed E-state index contributed by atoms with van der Waals surface area (Å²) in [5.41, 5.74) is 11.9. The summed E-state index contributed by atoms with van der Waals surface area (Å²) in [6.45, 7) is 6.28. The fraction of sp³-hybridized carbons (Fsp3) is 0.0233. The van der Waals surface area contributed by atoms with E-state index in [2.05, 4.69) is 163 Å². The first-order chi connectivity index (χ1) is 23.2. The first-order valence-electron chi connectivity index (χ1n) is 15.9. The van der Waals surface area contributed by atoms with Gasteiger partial charge in [-0.2, -0.15) is 0 Å². The lowest BCUT2D eigenvalue weighted by Crippen LogP contribution is -2.17. The summed E-state index contributed by atoms with van der Waals surface area (Å²) in [5, 5.41) is 4.52. The van der Waals surface area contributed by atoms with Crippen molar-refractivity contribution in [2.24, 2.45) is 0 Å². The van der Waals surface area contributed by atoms with Crippen molar-refractivity contribution in [3.8, 4) is 28.1 Å². The molecule has 1 aliphatic rings. The number of anilines is 3. The Hall–Kier alpha value is -6.26. The number of allylic oxidation sites excluding steroid dienone is 1. The van der Waals surface area contributed by atoms with Crippen LogP contribution < -0.4 is 4.90 Å². The van der Waals surface area contributed by atoms with Crippen LogP contribution >= 0.6 is 0 Å². The van der Waals surface area contributed by atoms with Gasteiger partial charge in [0.1, 0.15) is 5.82 Å². The van der Waals surface area contributed by atoms with Gasteiger partial charge in [0.05, 0.1) is 33.5 Å². The third-order valence-electron chi connectivity index (χ3n) is 9.23. The SMILES string of the molecule is C=Cc1c(/C=C\C)n(-c2ccccc2)c2ccc(-c3ccc4c(c3)-c3nccc5c3c(nc3ccccc35)N4c3ccccc3)cc12. The van der Waals surface area contributed by atoms with Crippen LogP contribution in [0.15, 0.2) is 146 Å². The molecule has 5 aromatic carbocycles. The highest BCUT2D eigenvalue weighted by atomic mass is 15.2. The molecule has 0 amide bonds. The van der Waals surface area contributed by atoms with E-state index >= 15 is 0 Å². The fourth-order valence-corrected chi connectivity index (χ4v) is 7.21. The van der Waals surface area contributed by atoms with Crippen molar-refractivity contribution >= 4 is 61.9 Å². The van der Waals surface area contributed by atoms with Crippen LogP contribution in [0, 0.1) is 0 Å². The predicted molar refractivity (Wildman–Crippen MR) is 198 cm³/mol. The number of hydrogen-bond acceptors (Lipinski definition) is 3. The maximum Gasteiger partial charge on any atom is 0.148 e. The van der Waals surface area contributed by atoms with Crippen LogP contribution in [0.4, 0.5) is 17.2 Å². The van der Waals surface area contributed by atoms with E-state index in [0.29, 0.717) is 0 Å². The number of rotatable bonds is 5. The minimum absolute atomic E-state index is 0.907. The van der Waals surface area contributed by atoms with E-state index in [0.717, 1.165) is 83.7 Å². The topological polar surface area (TPSA) is 34.0 Å². The van der Waals surface area contributed by atoms with Gasteiger partial charge in [0.15, 0.2) is 0 Å². The molecule has 47 heavy (non-hydrogen) atoms. The van der Waals surface area contributed by atoms with Crippen LogP contribution in [0.3, 0.4) is 0 Å². The molecule has 9 rings (SSSR count). The second-order valence-corrected chi connectivity index (χ2v) is 11.8. The maximum atomic E-state index is 5.24. The van der Waals surface area contributed by atoms with Gasteiger partial charge >= 0.3 is 0 Å². The summed E-state index contributed by atoms with van der Waals surface area (Å²) >= 11 is 0. The van der Waals surface area contributed by atoms with Crippen molar-refractivity contribution in [1.29, 1.82) is 0 Å². The molecule has 222 valence electrons. The van der Waals surface area contributed by atoms with Gasteiger partial charge in [0, 0.05) is 39.5 Å². The third kappa shape index (κ3) is 4.08. The molecule has 0 bridgehead atoms. The quantitative estimate of drug-likeness (QED) is 0.184. The third-order valence-corrected chi connectivity index (χ3v) is 9.23. The highest BCUT2D eigenvalue weighted by molar-refractivity contribution is 6.19. The Morgan fingerprint density at radius 1 is 0.681 bits per heavy atom. The van der Waals surface area contributed by atoms with Crippen molar-refractivity contribution in [3.05, 3.63) is 158 Å². The predicted octanol–water partition coefficient (Wildman–Crippen LogP) is 11.5. The van der Waals surface area contributed by atoms with E-state index in [-0.39, 0.29) is 0 Å². The molecule has 0 saturated carbocycles. The van der Waals surface area contributed by atoms with Crippen LogP contribution in [0.2, 0.25) is 0 Å². The molecule has 4 heteroatoms. The zero-order valence-corrected chi connectivity index (χ0v) is 25.9. The number of nitrogens with zero attached hydrogens (tertiary/aromatic N) is 4. The average Bonchev–Trinajstić information content (AvgIpc) is 3.44. The molecule has 0 atom stereocenters. The molecular formula is C43H30N4. The molecule has 0 unspecified atom stereocenters. The van der Waals surface area contributed by atoms with Gasteiger partial charge in [-0.3, -0.25) is 9.88 Å². The van der Waals surface area contributed by atoms with Gasteiger partial charge in [0.2, 0.25) is 0 Å². The Morgan fingerprint density at radius 3 is 2.19 bits per heavy atom. The molecule has 0 spiro atoms. The second-order valence-electron chi connectivity index (χ2n) is 11.8. The van der Waals surface area contributed by atoms with Gasteiger partial charge in [-0.15, -0.1) is 0 Å². The maximum absolute atomic E-state index is 5.24. The zero-order valence-electron chi connectivity index (χ0n) is 25.9. The summed E-state index contributed by atoms with van der Waals surface area (Å²) in [4.78, 5) is 12.5. The average molecular weight is 603 g/mol. The van der Waals surface area contributed by atoms with Crippen molar-refractivity contribution in [3.63, 3.8) is 0 Å². The molecule has 0 saturated heterocycles. The molecule has 1 aliphatic heterocycles. The van der Waals surface area contributed by atoms with Gasteiger partial charge in [-0.1, -0.05) is 85.5 Å². The molecular weight excluding hydrogens is 573 g/mol. The standard InChI is InChI=1S/C43H30N4/c1-3-13-38-32(4-2)35-26-28(20-22-39(35)46(38)30-14-7-5-8-15-30)29-21-23-40-36(27-29)42-41-34(24-25-44-42)33-18-11-12-19-37(33)45-43(41)47(40)31-16-9-6-10-17-31/h3-27H,2H2,1H3/b13-3-. The second kappa shape index (κ2) is 10.7. The lowest BCUT2D eigenvalue weighted by Gasteiger charge is -2.32. The molecule has 8 aromatic rings. The van der Waals surface area contributed by atoms with Crippen molar-refractivity contribution in [2.75, 3.05) is 4.90 Å². The van der Waals surface area contributed by atoms with Crippen molar-refractivity contribution in [1.82, 2.24) is 14.5 Å². The Morgan fingerprint density at radius 2 is 1.40 bits per heavy atom. The molecule has 0 N–H and O–H groups in total. The van der Waals surface area contributed by atoms with E-state index in [4.69, 9.17) is 9.97 Å². The van der Waals surface area contributed by atoms with Crippen LogP contribution in [-0.2, 0) is 0 Å². The van der Waals surface area contributed by atoms with E-state index < -0.39 is 0 Å². The fourth-order valence-electron chi connectivity index (χ4n) is 7.21. The number of hydrogen-bond donors (Lipinski definition) is 0. The van der Waals surface area contributed by atoms with Gasteiger partial charge in [-0.25, -0.2) is 4.98 Å². The van der Waals surface area contributed by atoms with Crippen LogP contribution in [0.1, 0.15) is 18.2 Å². The molecule has 4 heterocycles. The summed E-state index contributed by atoms with van der Waals surface area (Å²) in [7, 11) is 0. The summed E-state index contributed by atoms with van der Waals surface area (Å²) in [6, 6.07) is 45.0. The number of fused-ring (bicyclic) bond motifs is 5. The first-order valence-corrected chi connectivity index (χ1v) is 15.9. The van der Waals surface area contributed by atoms with E-state index in [1.807, 2.05) is 12.3 Å². The van der Waals surface area contributed by atoms with E-state index in [9.17, 15) is 0 Å². The molecule has 3 aromatic heterocycles. The summed E-state index contributed by atoms with van der Waals surface area (Å²) < 4.78 is 2.32. The number of para-hydroxylation sites is 3. The number of pyridine rings is 2. The number of aromatic nitrogens is 3. The van der Waals surface area contributed by atoms with Crippen molar-refractivity contribution in [2.45, 2.75) is 6.92 Å². The lowest BCUT2D eigenvalue weighted by atomic mass is 9.92. The summed E-state index contributed by atoms with van der Waals surface area (Å²) in [6.07, 6.45) is 8.17. The highest BCUT2D eigenvalue weighted by Gasteiger charge is 2.29.